The van der Waals surface area contributed by atoms with E-state index in [4.69, 9.17) is 5.21 Å². The molecule has 0 spiro atoms. The lowest BCUT2D eigenvalue weighted by Gasteiger charge is -2.06. The summed E-state index contributed by atoms with van der Waals surface area (Å²) in [5.74, 6) is 0.409. The fraction of sp³-hybridized carbons (Fsp3) is 1.00. The molecule has 10 heavy (non-hydrogen) atoms. The molecule has 2 N–H and O–H groups in total. The minimum absolute atomic E-state index is 0.385. The molecule has 0 amide bonds. The average molecular weight is 146 g/mol. The van der Waals surface area contributed by atoms with Crippen molar-refractivity contribution in [3.8, 4) is 0 Å². The minimum Gasteiger partial charge on any atom is -0.317 e. The van der Waals surface area contributed by atoms with E-state index in [1.54, 1.807) is 0 Å². The van der Waals surface area contributed by atoms with Crippen LogP contribution < -0.4 is 5.48 Å². The van der Waals surface area contributed by atoms with E-state index in [2.05, 4.69) is 10.7 Å². The zero-order valence-electron chi connectivity index (χ0n) is 6.21. The lowest BCUT2D eigenvalue weighted by atomic mass is 10.1. The normalized spacial score (nSPS) is 13.0. The van der Waals surface area contributed by atoms with Crippen LogP contribution in [0, 0.1) is 10.8 Å². The Balaban J connectivity index is 3.04. The van der Waals surface area contributed by atoms with Gasteiger partial charge in [0, 0.05) is 6.54 Å². The van der Waals surface area contributed by atoms with E-state index < -0.39 is 0 Å². The van der Waals surface area contributed by atoms with Crippen LogP contribution in [0.2, 0.25) is 0 Å². The topological polar surface area (TPSA) is 61.7 Å². The van der Waals surface area contributed by atoms with Crippen molar-refractivity contribution in [2.24, 2.45) is 11.1 Å². The van der Waals surface area contributed by atoms with E-state index >= 15 is 0 Å². The van der Waals surface area contributed by atoms with Crippen molar-refractivity contribution in [1.82, 2.24) is 5.48 Å². The fourth-order valence-corrected chi connectivity index (χ4v) is 0.762. The van der Waals surface area contributed by atoms with Gasteiger partial charge in [0.2, 0.25) is 0 Å². The van der Waals surface area contributed by atoms with Crippen molar-refractivity contribution in [2.75, 3.05) is 13.1 Å². The second-order valence-corrected chi connectivity index (χ2v) is 2.46. The molecular weight excluding hydrogens is 132 g/mol. The van der Waals surface area contributed by atoms with E-state index in [0.29, 0.717) is 19.0 Å². The first kappa shape index (κ1) is 9.52. The first-order valence-electron chi connectivity index (χ1n) is 3.47. The molecule has 60 valence electrons. The van der Waals surface area contributed by atoms with Crippen molar-refractivity contribution in [2.45, 2.75) is 19.8 Å². The number of hydroxylamine groups is 1. The van der Waals surface area contributed by atoms with Crippen LogP contribution in [-0.4, -0.2) is 18.3 Å². The summed E-state index contributed by atoms with van der Waals surface area (Å²) in [5, 5.41) is 11.0. The third-order valence-corrected chi connectivity index (χ3v) is 1.39. The number of hydrogen-bond acceptors (Lipinski definition) is 4. The molecule has 0 aliphatic heterocycles. The highest BCUT2D eigenvalue weighted by molar-refractivity contribution is 4.54. The molecule has 0 rings (SSSR count). The molecule has 0 aromatic rings. The van der Waals surface area contributed by atoms with Crippen LogP contribution in [-0.2, 0) is 0 Å². The van der Waals surface area contributed by atoms with Gasteiger partial charge in [-0.25, -0.2) is 5.48 Å². The van der Waals surface area contributed by atoms with Crippen molar-refractivity contribution in [1.29, 1.82) is 0 Å². The standard InChI is InChI=1S/C6H14N2O2/c1-6(5-8-10)3-2-4-7-9/h6,8,10H,2-5H2,1H3. The molecule has 0 bridgehead atoms. The third-order valence-electron chi connectivity index (χ3n) is 1.39. The molecule has 0 radical (unpaired) electrons. The molecule has 0 fully saturated rings. The van der Waals surface area contributed by atoms with Gasteiger partial charge in [-0.1, -0.05) is 12.1 Å². The highest BCUT2D eigenvalue weighted by Crippen LogP contribution is 2.03. The van der Waals surface area contributed by atoms with Gasteiger partial charge in [-0.2, -0.15) is 4.91 Å². The van der Waals surface area contributed by atoms with E-state index in [0.717, 1.165) is 12.8 Å². The van der Waals surface area contributed by atoms with Gasteiger partial charge < -0.3 is 5.21 Å². The maximum absolute atomic E-state index is 9.63. The van der Waals surface area contributed by atoms with Crippen molar-refractivity contribution in [3.63, 3.8) is 0 Å². The second kappa shape index (κ2) is 6.64. The van der Waals surface area contributed by atoms with Crippen LogP contribution in [0.1, 0.15) is 19.8 Å². The van der Waals surface area contributed by atoms with Gasteiger partial charge in [0.25, 0.3) is 0 Å². The van der Waals surface area contributed by atoms with Crippen LogP contribution in [0.5, 0.6) is 0 Å². The summed E-state index contributed by atoms with van der Waals surface area (Å²) < 4.78 is 0. The quantitative estimate of drug-likeness (QED) is 0.335. The predicted octanol–water partition coefficient (Wildman–Crippen LogP) is 1.15. The summed E-state index contributed by atoms with van der Waals surface area (Å²) in [6, 6.07) is 0. The fourth-order valence-electron chi connectivity index (χ4n) is 0.762. The average Bonchev–Trinajstić information content (AvgIpc) is 1.89. The molecule has 4 nitrogen and oxygen atoms in total. The van der Waals surface area contributed by atoms with Crippen LogP contribution >= 0.6 is 0 Å². The summed E-state index contributed by atoms with van der Waals surface area (Å²) in [4.78, 5) is 9.63. The van der Waals surface area contributed by atoms with E-state index in [1.807, 2.05) is 6.92 Å². The van der Waals surface area contributed by atoms with Crippen LogP contribution in [0.15, 0.2) is 5.18 Å². The Labute approximate surface area is 60.6 Å². The Bertz CT molecular complexity index is 87.8. The van der Waals surface area contributed by atoms with Gasteiger partial charge >= 0.3 is 0 Å². The Kier molecular flexibility index (Phi) is 6.32. The van der Waals surface area contributed by atoms with E-state index in [9.17, 15) is 4.91 Å². The second-order valence-electron chi connectivity index (χ2n) is 2.46. The molecule has 4 heteroatoms. The van der Waals surface area contributed by atoms with Gasteiger partial charge in [-0.05, 0) is 18.8 Å². The molecule has 0 saturated carbocycles. The zero-order valence-corrected chi connectivity index (χ0v) is 6.21. The summed E-state index contributed by atoms with van der Waals surface area (Å²) in [5.41, 5.74) is 2.09. The van der Waals surface area contributed by atoms with E-state index in [-0.39, 0.29) is 0 Å². The largest absolute Gasteiger partial charge is 0.317 e. The smallest absolute Gasteiger partial charge is 0.0811 e. The van der Waals surface area contributed by atoms with Gasteiger partial charge in [0.1, 0.15) is 0 Å². The molecule has 1 atom stereocenters. The SMILES string of the molecule is CC(CCCN=O)CNO. The molecule has 1 unspecified atom stereocenters. The van der Waals surface area contributed by atoms with Crippen molar-refractivity contribution in [3.05, 3.63) is 4.91 Å². The number of nitrogens with one attached hydrogen (secondary N) is 1. The number of hydrogen-bond donors (Lipinski definition) is 2. The highest BCUT2D eigenvalue weighted by atomic mass is 16.5. The molecule has 0 aliphatic rings. The van der Waals surface area contributed by atoms with E-state index in [1.165, 1.54) is 0 Å². The minimum atomic E-state index is 0.385. The Hall–Kier alpha value is -0.480. The lowest BCUT2D eigenvalue weighted by Crippen LogP contribution is -2.16. The third kappa shape index (κ3) is 5.65. The number of nitroso groups, excluding NO2 is 1. The summed E-state index contributed by atoms with van der Waals surface area (Å²) >= 11 is 0. The summed E-state index contributed by atoms with van der Waals surface area (Å²) in [6.07, 6.45) is 1.74. The Morgan fingerprint density at radius 2 is 2.40 bits per heavy atom. The van der Waals surface area contributed by atoms with Gasteiger partial charge in [0.15, 0.2) is 0 Å². The highest BCUT2D eigenvalue weighted by Gasteiger charge is 1.99. The first-order valence-corrected chi connectivity index (χ1v) is 3.47. The van der Waals surface area contributed by atoms with Crippen LogP contribution in [0.4, 0.5) is 0 Å². The Morgan fingerprint density at radius 1 is 1.70 bits per heavy atom. The summed E-state index contributed by atoms with van der Waals surface area (Å²) in [6.45, 7) is 2.97. The monoisotopic (exact) mass is 146 g/mol. The van der Waals surface area contributed by atoms with Crippen molar-refractivity contribution >= 4 is 0 Å². The summed E-state index contributed by atoms with van der Waals surface area (Å²) in [7, 11) is 0. The predicted molar refractivity (Wildman–Crippen MR) is 38.8 cm³/mol. The van der Waals surface area contributed by atoms with Gasteiger partial charge in [-0.15, -0.1) is 0 Å². The zero-order chi connectivity index (χ0) is 7.82. The molecule has 0 aromatic heterocycles. The molecule has 0 heterocycles. The molecular formula is C6H14N2O2. The first-order chi connectivity index (χ1) is 4.81. The van der Waals surface area contributed by atoms with Crippen LogP contribution in [0.3, 0.4) is 0 Å². The number of nitrogens with zero attached hydrogens (tertiary/aromatic N) is 1. The lowest BCUT2D eigenvalue weighted by molar-refractivity contribution is 0.149. The van der Waals surface area contributed by atoms with Gasteiger partial charge in [-0.3, -0.25) is 0 Å². The van der Waals surface area contributed by atoms with Crippen molar-refractivity contribution < 1.29 is 5.21 Å². The molecule has 0 aromatic carbocycles. The Morgan fingerprint density at radius 3 is 2.90 bits per heavy atom. The molecule has 0 saturated heterocycles. The van der Waals surface area contributed by atoms with Gasteiger partial charge in [0.05, 0.1) is 6.54 Å². The molecule has 0 aliphatic carbocycles. The van der Waals surface area contributed by atoms with Crippen LogP contribution in [0.25, 0.3) is 0 Å². The maximum Gasteiger partial charge on any atom is 0.0811 e. The number of rotatable bonds is 6. The maximum atomic E-state index is 9.63.